The van der Waals surface area contributed by atoms with Gasteiger partial charge in [-0.25, -0.2) is 8.42 Å². The molecule has 3 aromatic carbocycles. The van der Waals surface area contributed by atoms with Crippen molar-refractivity contribution in [1.29, 1.82) is 0 Å². The van der Waals surface area contributed by atoms with E-state index in [0.29, 0.717) is 16.5 Å². The summed E-state index contributed by atoms with van der Waals surface area (Å²) >= 11 is 1.25. The third kappa shape index (κ3) is 5.13. The van der Waals surface area contributed by atoms with Crippen molar-refractivity contribution in [3.05, 3.63) is 90.8 Å². The zero-order chi connectivity index (χ0) is 24.1. The number of benzene rings is 3. The first-order valence-electron chi connectivity index (χ1n) is 10.4. The predicted molar refractivity (Wildman–Crippen MR) is 134 cm³/mol. The summed E-state index contributed by atoms with van der Waals surface area (Å²) in [7, 11) is -2.29. The minimum atomic E-state index is -3.78. The number of nitrogens with zero attached hydrogens (tertiary/aromatic N) is 4. The highest BCUT2D eigenvalue weighted by atomic mass is 32.2. The van der Waals surface area contributed by atoms with Crippen molar-refractivity contribution in [2.75, 3.05) is 22.4 Å². The van der Waals surface area contributed by atoms with Gasteiger partial charge in [-0.1, -0.05) is 54.2 Å². The van der Waals surface area contributed by atoms with E-state index in [0.717, 1.165) is 11.5 Å². The van der Waals surface area contributed by atoms with Crippen LogP contribution in [0, 0.1) is 6.92 Å². The average molecular weight is 494 g/mol. The first-order chi connectivity index (χ1) is 16.4. The average Bonchev–Trinajstić information content (AvgIpc) is 3.23. The van der Waals surface area contributed by atoms with Crippen LogP contribution < -0.4 is 9.62 Å². The Morgan fingerprint density at radius 3 is 2.35 bits per heavy atom. The second-order valence-electron chi connectivity index (χ2n) is 7.37. The van der Waals surface area contributed by atoms with Gasteiger partial charge in [0.1, 0.15) is 5.82 Å². The molecule has 34 heavy (non-hydrogen) atoms. The number of hydrogen-bond acceptors (Lipinski definition) is 6. The molecule has 174 valence electrons. The highest BCUT2D eigenvalue weighted by Gasteiger charge is 2.22. The number of nitrogens with one attached hydrogen (secondary N) is 1. The van der Waals surface area contributed by atoms with E-state index in [-0.39, 0.29) is 16.6 Å². The van der Waals surface area contributed by atoms with Gasteiger partial charge in [-0.2, -0.15) is 0 Å². The van der Waals surface area contributed by atoms with Crippen LogP contribution in [0.25, 0.3) is 5.69 Å². The Morgan fingerprint density at radius 2 is 1.65 bits per heavy atom. The minimum Gasteiger partial charge on any atom is -0.325 e. The molecule has 0 atom stereocenters. The summed E-state index contributed by atoms with van der Waals surface area (Å²) in [6.07, 6.45) is 0. The van der Waals surface area contributed by atoms with Gasteiger partial charge >= 0.3 is 0 Å². The SMILES string of the molecule is Cc1nnc(SCC(=O)Nc2cccc(S(=O)(=O)N(C)c3ccccc3)c2)n1-c1ccccc1. The fourth-order valence-corrected chi connectivity index (χ4v) is 5.35. The van der Waals surface area contributed by atoms with E-state index in [1.165, 1.54) is 35.2 Å². The molecule has 1 amide bonds. The van der Waals surface area contributed by atoms with Crippen molar-refractivity contribution in [3.8, 4) is 5.69 Å². The maximum absolute atomic E-state index is 13.0. The van der Waals surface area contributed by atoms with E-state index < -0.39 is 10.0 Å². The smallest absolute Gasteiger partial charge is 0.264 e. The number of para-hydroxylation sites is 2. The Hall–Kier alpha value is -3.63. The van der Waals surface area contributed by atoms with Gasteiger partial charge < -0.3 is 5.32 Å². The lowest BCUT2D eigenvalue weighted by molar-refractivity contribution is -0.113. The summed E-state index contributed by atoms with van der Waals surface area (Å²) in [5, 5.41) is 11.7. The fraction of sp³-hybridized carbons (Fsp3) is 0.125. The van der Waals surface area contributed by atoms with Crippen LogP contribution in [0.3, 0.4) is 0 Å². The third-order valence-corrected chi connectivity index (χ3v) is 7.75. The molecule has 0 saturated heterocycles. The lowest BCUT2D eigenvalue weighted by atomic mass is 10.3. The van der Waals surface area contributed by atoms with E-state index in [1.807, 2.05) is 47.9 Å². The van der Waals surface area contributed by atoms with Crippen LogP contribution in [0.15, 0.2) is 95.0 Å². The molecule has 0 spiro atoms. The molecule has 1 N–H and O–H groups in total. The summed E-state index contributed by atoms with van der Waals surface area (Å²) < 4.78 is 29.2. The maximum Gasteiger partial charge on any atom is 0.264 e. The minimum absolute atomic E-state index is 0.0868. The normalized spacial score (nSPS) is 11.2. The van der Waals surface area contributed by atoms with Crippen molar-refractivity contribution in [2.24, 2.45) is 0 Å². The van der Waals surface area contributed by atoms with Crippen molar-refractivity contribution in [1.82, 2.24) is 14.8 Å². The summed E-state index contributed by atoms with van der Waals surface area (Å²) in [6.45, 7) is 1.85. The van der Waals surface area contributed by atoms with Crippen LogP contribution in [0.1, 0.15) is 5.82 Å². The van der Waals surface area contributed by atoms with E-state index in [1.54, 1.807) is 36.4 Å². The molecule has 4 rings (SSSR count). The lowest BCUT2D eigenvalue weighted by Gasteiger charge is -2.19. The Morgan fingerprint density at radius 1 is 0.971 bits per heavy atom. The van der Waals surface area contributed by atoms with Crippen LogP contribution in [0.2, 0.25) is 0 Å². The zero-order valence-electron chi connectivity index (χ0n) is 18.6. The third-order valence-electron chi connectivity index (χ3n) is 5.04. The molecule has 0 bridgehead atoms. The second-order valence-corrected chi connectivity index (χ2v) is 10.3. The van der Waals surface area contributed by atoms with E-state index >= 15 is 0 Å². The molecule has 0 saturated carbocycles. The number of aromatic nitrogens is 3. The van der Waals surface area contributed by atoms with Gasteiger partial charge in [-0.15, -0.1) is 10.2 Å². The van der Waals surface area contributed by atoms with Crippen LogP contribution in [-0.2, 0) is 14.8 Å². The maximum atomic E-state index is 13.0. The Balaban J connectivity index is 1.45. The van der Waals surface area contributed by atoms with Crippen molar-refractivity contribution in [3.63, 3.8) is 0 Å². The van der Waals surface area contributed by atoms with Gasteiger partial charge in [0, 0.05) is 18.4 Å². The van der Waals surface area contributed by atoms with Gasteiger partial charge in [0.25, 0.3) is 10.0 Å². The van der Waals surface area contributed by atoms with Crippen molar-refractivity contribution < 1.29 is 13.2 Å². The number of sulfonamides is 1. The van der Waals surface area contributed by atoms with Gasteiger partial charge in [-0.3, -0.25) is 13.7 Å². The summed E-state index contributed by atoms with van der Waals surface area (Å²) in [5.74, 6) is 0.525. The summed E-state index contributed by atoms with van der Waals surface area (Å²) in [6, 6.07) is 24.7. The molecule has 0 radical (unpaired) electrons. The molecule has 0 aliphatic rings. The standard InChI is InChI=1S/C24H23N5O3S2/c1-18-26-27-24(29(18)21-13-7-4-8-14-21)33-17-23(30)25-19-10-9-15-22(16-19)34(31,32)28(2)20-11-5-3-6-12-20/h3-16H,17H2,1-2H3,(H,25,30). The number of carbonyl (C=O) groups is 1. The quantitative estimate of drug-likeness (QED) is 0.371. The number of amides is 1. The van der Waals surface area contributed by atoms with Gasteiger partial charge in [0.05, 0.1) is 16.3 Å². The highest BCUT2D eigenvalue weighted by molar-refractivity contribution is 7.99. The summed E-state index contributed by atoms with van der Waals surface area (Å²) in [5.41, 5.74) is 1.85. The number of aryl methyl sites for hydroxylation is 1. The molecule has 1 aromatic heterocycles. The predicted octanol–water partition coefficient (Wildman–Crippen LogP) is 4.13. The number of rotatable bonds is 8. The molecule has 0 fully saturated rings. The van der Waals surface area contributed by atoms with Gasteiger partial charge in [-0.05, 0) is 49.4 Å². The Kier molecular flexibility index (Phi) is 6.99. The highest BCUT2D eigenvalue weighted by Crippen LogP contribution is 2.25. The van der Waals surface area contributed by atoms with Crippen LogP contribution in [-0.4, -0.2) is 41.9 Å². The first-order valence-corrected chi connectivity index (χ1v) is 12.8. The van der Waals surface area contributed by atoms with Gasteiger partial charge in [0.2, 0.25) is 5.91 Å². The fourth-order valence-electron chi connectivity index (χ4n) is 3.31. The molecule has 8 nitrogen and oxygen atoms in total. The molecule has 0 aliphatic heterocycles. The molecule has 4 aromatic rings. The number of anilines is 2. The Bertz CT molecular complexity index is 1390. The number of thioether (sulfide) groups is 1. The second kappa shape index (κ2) is 10.1. The molecule has 10 heteroatoms. The molecule has 0 unspecified atom stereocenters. The topological polar surface area (TPSA) is 97.2 Å². The van der Waals surface area contributed by atoms with Crippen molar-refractivity contribution in [2.45, 2.75) is 17.0 Å². The Labute approximate surface area is 202 Å². The van der Waals surface area contributed by atoms with Crippen LogP contribution >= 0.6 is 11.8 Å². The van der Waals surface area contributed by atoms with Gasteiger partial charge in [0.15, 0.2) is 5.16 Å². The van der Waals surface area contributed by atoms with Crippen molar-refractivity contribution >= 4 is 39.1 Å². The lowest BCUT2D eigenvalue weighted by Crippen LogP contribution is -2.26. The number of carbonyl (C=O) groups excluding carboxylic acids is 1. The van der Waals surface area contributed by atoms with E-state index in [9.17, 15) is 13.2 Å². The number of hydrogen-bond donors (Lipinski definition) is 1. The molecule has 1 heterocycles. The largest absolute Gasteiger partial charge is 0.325 e. The van der Waals surface area contributed by atoms with E-state index in [4.69, 9.17) is 0 Å². The summed E-state index contributed by atoms with van der Waals surface area (Å²) in [4.78, 5) is 12.7. The zero-order valence-corrected chi connectivity index (χ0v) is 20.3. The monoisotopic (exact) mass is 493 g/mol. The van der Waals surface area contributed by atoms with Crippen LogP contribution in [0.5, 0.6) is 0 Å². The molecular formula is C24H23N5O3S2. The molecule has 0 aliphatic carbocycles. The van der Waals surface area contributed by atoms with E-state index in [2.05, 4.69) is 15.5 Å². The first kappa shape index (κ1) is 23.5. The van der Waals surface area contributed by atoms with Crippen LogP contribution in [0.4, 0.5) is 11.4 Å². The molecular weight excluding hydrogens is 470 g/mol.